The third-order valence-electron chi connectivity index (χ3n) is 3.47. The first kappa shape index (κ1) is 15.3. The molecule has 0 aliphatic carbocycles. The molecule has 5 nitrogen and oxygen atoms in total. The highest BCUT2D eigenvalue weighted by molar-refractivity contribution is 7.15. The number of amides is 1. The molecule has 0 unspecified atom stereocenters. The lowest BCUT2D eigenvalue weighted by molar-refractivity contribution is -0.122. The molecule has 1 aliphatic heterocycles. The molecule has 6 heteroatoms. The summed E-state index contributed by atoms with van der Waals surface area (Å²) in [6.07, 6.45) is 4.02. The summed E-state index contributed by atoms with van der Waals surface area (Å²) in [7, 11) is 0. The van der Waals surface area contributed by atoms with Gasteiger partial charge in [0.2, 0.25) is 5.91 Å². The summed E-state index contributed by atoms with van der Waals surface area (Å²) in [5.74, 6) is 0.141. The minimum atomic E-state index is 0.141. The molecular weight excluding hydrogens is 272 g/mol. The predicted molar refractivity (Wildman–Crippen MR) is 83.4 cm³/mol. The van der Waals surface area contributed by atoms with Crippen molar-refractivity contribution in [1.82, 2.24) is 15.2 Å². The van der Waals surface area contributed by atoms with Gasteiger partial charge in [-0.15, -0.1) is 11.3 Å². The molecule has 112 valence electrons. The number of nitrogens with zero attached hydrogens (tertiary/aromatic N) is 3. The number of nitrogens with one attached hydrogen (secondary N) is 1. The number of hydrogen-bond donors (Lipinski definition) is 1. The lowest BCUT2D eigenvalue weighted by Crippen LogP contribution is -2.49. The van der Waals surface area contributed by atoms with Crippen LogP contribution in [0.1, 0.15) is 25.1 Å². The summed E-state index contributed by atoms with van der Waals surface area (Å²) >= 11 is 1.78. The van der Waals surface area contributed by atoms with Crippen LogP contribution in [0.4, 0.5) is 5.13 Å². The van der Waals surface area contributed by atoms with Gasteiger partial charge in [-0.05, 0) is 12.8 Å². The highest BCUT2D eigenvalue weighted by Gasteiger charge is 2.20. The highest BCUT2D eigenvalue weighted by atomic mass is 32.1. The smallest absolute Gasteiger partial charge is 0.234 e. The Morgan fingerprint density at radius 3 is 2.70 bits per heavy atom. The summed E-state index contributed by atoms with van der Waals surface area (Å²) in [5, 5.41) is 4.05. The van der Waals surface area contributed by atoms with Gasteiger partial charge in [0.1, 0.15) is 0 Å². The second-order valence-corrected chi connectivity index (χ2v) is 6.17. The number of aryl methyl sites for hydroxylation is 1. The second kappa shape index (κ2) is 7.59. The van der Waals surface area contributed by atoms with E-state index in [4.69, 9.17) is 0 Å². The van der Waals surface area contributed by atoms with E-state index in [1.165, 1.54) is 4.88 Å². The van der Waals surface area contributed by atoms with Crippen molar-refractivity contribution < 1.29 is 4.79 Å². The van der Waals surface area contributed by atoms with E-state index in [9.17, 15) is 4.79 Å². The lowest BCUT2D eigenvalue weighted by atomic mass is 10.3. The van der Waals surface area contributed by atoms with Crippen LogP contribution < -0.4 is 10.2 Å². The third-order valence-corrected chi connectivity index (χ3v) is 4.67. The molecule has 0 bridgehead atoms. The van der Waals surface area contributed by atoms with Crippen LogP contribution in [0.15, 0.2) is 6.20 Å². The second-order valence-electron chi connectivity index (χ2n) is 5.08. The molecule has 2 heterocycles. The van der Waals surface area contributed by atoms with Gasteiger partial charge >= 0.3 is 0 Å². The van der Waals surface area contributed by atoms with Gasteiger partial charge in [-0.25, -0.2) is 4.98 Å². The fourth-order valence-corrected chi connectivity index (χ4v) is 3.13. The van der Waals surface area contributed by atoms with E-state index in [0.717, 1.165) is 50.7 Å². The Kier molecular flexibility index (Phi) is 5.79. The Hall–Kier alpha value is -1.14. The Bertz CT molecular complexity index is 427. The van der Waals surface area contributed by atoms with Gasteiger partial charge in [-0.3, -0.25) is 9.69 Å². The average molecular weight is 296 g/mol. The van der Waals surface area contributed by atoms with E-state index in [1.54, 1.807) is 11.3 Å². The van der Waals surface area contributed by atoms with Crippen molar-refractivity contribution in [1.29, 1.82) is 0 Å². The molecule has 0 atom stereocenters. The molecule has 0 radical (unpaired) electrons. The van der Waals surface area contributed by atoms with Crippen LogP contribution >= 0.6 is 11.3 Å². The van der Waals surface area contributed by atoms with Crippen molar-refractivity contribution in [3.8, 4) is 0 Å². The van der Waals surface area contributed by atoms with Gasteiger partial charge in [0.25, 0.3) is 0 Å². The van der Waals surface area contributed by atoms with E-state index >= 15 is 0 Å². The van der Waals surface area contributed by atoms with E-state index in [0.29, 0.717) is 6.54 Å². The average Bonchev–Trinajstić information content (AvgIpc) is 2.95. The van der Waals surface area contributed by atoms with E-state index < -0.39 is 0 Å². The zero-order valence-electron chi connectivity index (χ0n) is 12.4. The van der Waals surface area contributed by atoms with Crippen molar-refractivity contribution in [2.24, 2.45) is 0 Å². The zero-order chi connectivity index (χ0) is 14.4. The number of aromatic nitrogens is 1. The van der Waals surface area contributed by atoms with Crippen LogP contribution in [0.25, 0.3) is 0 Å². The van der Waals surface area contributed by atoms with Crippen LogP contribution in [0, 0.1) is 0 Å². The fraction of sp³-hybridized carbons (Fsp3) is 0.714. The first-order valence-corrected chi connectivity index (χ1v) is 8.23. The Morgan fingerprint density at radius 2 is 2.10 bits per heavy atom. The molecule has 1 aliphatic rings. The maximum atomic E-state index is 11.7. The van der Waals surface area contributed by atoms with Crippen molar-refractivity contribution in [2.45, 2.75) is 26.7 Å². The quantitative estimate of drug-likeness (QED) is 0.861. The molecule has 0 saturated carbocycles. The minimum Gasteiger partial charge on any atom is -0.355 e. The number of carbonyl (C=O) groups excluding carboxylic acids is 1. The molecule has 1 aromatic rings. The van der Waals surface area contributed by atoms with Crippen molar-refractivity contribution >= 4 is 22.4 Å². The van der Waals surface area contributed by atoms with Crippen LogP contribution in [-0.4, -0.2) is 55.1 Å². The number of piperazine rings is 1. The van der Waals surface area contributed by atoms with Crippen molar-refractivity contribution in [3.63, 3.8) is 0 Å². The highest BCUT2D eigenvalue weighted by Crippen LogP contribution is 2.23. The molecule has 0 spiro atoms. The molecule has 1 saturated heterocycles. The topological polar surface area (TPSA) is 48.5 Å². The molecular formula is C14H24N4OS. The van der Waals surface area contributed by atoms with Gasteiger partial charge in [0.15, 0.2) is 5.13 Å². The first-order valence-electron chi connectivity index (χ1n) is 7.41. The molecule has 0 aromatic carbocycles. The summed E-state index contributed by atoms with van der Waals surface area (Å²) in [6.45, 7) is 9.29. The van der Waals surface area contributed by atoms with Gasteiger partial charge in [-0.2, -0.15) is 0 Å². The SMILES string of the molecule is CCCNC(=O)CN1CCN(c2ncc(CC)s2)CC1. The lowest BCUT2D eigenvalue weighted by Gasteiger charge is -2.34. The number of carbonyl (C=O) groups is 1. The van der Waals surface area contributed by atoms with Crippen LogP contribution in [0.3, 0.4) is 0 Å². The maximum Gasteiger partial charge on any atom is 0.234 e. The fourth-order valence-electron chi connectivity index (χ4n) is 2.23. The number of anilines is 1. The molecule has 1 aromatic heterocycles. The Balaban J connectivity index is 1.76. The van der Waals surface area contributed by atoms with E-state index in [-0.39, 0.29) is 5.91 Å². The molecule has 1 fully saturated rings. The number of rotatable bonds is 6. The summed E-state index contributed by atoms with van der Waals surface area (Å²) in [6, 6.07) is 0. The number of hydrogen-bond acceptors (Lipinski definition) is 5. The van der Waals surface area contributed by atoms with Crippen molar-refractivity contribution in [3.05, 3.63) is 11.1 Å². The maximum absolute atomic E-state index is 11.7. The summed E-state index contributed by atoms with van der Waals surface area (Å²) in [5.41, 5.74) is 0. The standard InChI is InChI=1S/C14H24N4OS/c1-3-5-15-13(19)11-17-6-8-18(9-7-17)14-16-10-12(4-2)20-14/h10H,3-9,11H2,1-2H3,(H,15,19). The Morgan fingerprint density at radius 1 is 1.35 bits per heavy atom. The monoisotopic (exact) mass is 296 g/mol. The van der Waals surface area contributed by atoms with Crippen molar-refractivity contribution in [2.75, 3.05) is 44.2 Å². The molecule has 1 N–H and O–H groups in total. The van der Waals surface area contributed by atoms with Gasteiger partial charge < -0.3 is 10.2 Å². The van der Waals surface area contributed by atoms with Crippen LogP contribution in [0.2, 0.25) is 0 Å². The molecule has 20 heavy (non-hydrogen) atoms. The van der Waals surface area contributed by atoms with Gasteiger partial charge in [0, 0.05) is 43.8 Å². The first-order chi connectivity index (χ1) is 9.72. The molecule has 2 rings (SSSR count). The van der Waals surface area contributed by atoms with Crippen LogP contribution in [0.5, 0.6) is 0 Å². The summed E-state index contributed by atoms with van der Waals surface area (Å²) < 4.78 is 0. The van der Waals surface area contributed by atoms with E-state index in [2.05, 4.69) is 33.9 Å². The number of thiazole rings is 1. The van der Waals surface area contributed by atoms with Gasteiger partial charge in [-0.1, -0.05) is 13.8 Å². The minimum absolute atomic E-state index is 0.141. The van der Waals surface area contributed by atoms with E-state index in [1.807, 2.05) is 6.20 Å². The summed E-state index contributed by atoms with van der Waals surface area (Å²) in [4.78, 5) is 22.0. The largest absolute Gasteiger partial charge is 0.355 e. The van der Waals surface area contributed by atoms with Crippen LogP contribution in [-0.2, 0) is 11.2 Å². The third kappa shape index (κ3) is 4.18. The normalized spacial score (nSPS) is 16.4. The predicted octanol–water partition coefficient (Wildman–Crippen LogP) is 1.35. The Labute approximate surface area is 125 Å². The van der Waals surface area contributed by atoms with Gasteiger partial charge in [0.05, 0.1) is 6.54 Å². The zero-order valence-corrected chi connectivity index (χ0v) is 13.2. The molecule has 1 amide bonds.